The Morgan fingerprint density at radius 3 is 2.78 bits per heavy atom. The van der Waals surface area contributed by atoms with Crippen molar-refractivity contribution in [1.29, 1.82) is 0 Å². The fraction of sp³-hybridized carbons (Fsp3) is 0.333. The van der Waals surface area contributed by atoms with Crippen molar-refractivity contribution < 1.29 is 19.2 Å². The third-order valence-corrected chi connectivity index (χ3v) is 5.66. The summed E-state index contributed by atoms with van der Waals surface area (Å²) in [7, 11) is 0. The molecule has 0 atom stereocenters. The molecule has 27 heavy (non-hydrogen) atoms. The molecule has 1 N–H and O–H groups in total. The van der Waals surface area contributed by atoms with Crippen molar-refractivity contribution in [3.05, 3.63) is 54.7 Å². The number of anilines is 1. The van der Waals surface area contributed by atoms with Gasteiger partial charge in [-0.1, -0.05) is 18.0 Å². The van der Waals surface area contributed by atoms with E-state index in [1.54, 1.807) is 0 Å². The summed E-state index contributed by atoms with van der Waals surface area (Å²) in [5.41, 5.74) is 0.850. The van der Waals surface area contributed by atoms with Crippen molar-refractivity contribution in [3.8, 4) is 0 Å². The first-order chi connectivity index (χ1) is 12.9. The molecule has 142 valence electrons. The van der Waals surface area contributed by atoms with E-state index in [0.29, 0.717) is 4.88 Å². The van der Waals surface area contributed by atoms with Crippen LogP contribution in [0.5, 0.6) is 0 Å². The summed E-state index contributed by atoms with van der Waals surface area (Å²) in [6.07, 6.45) is 5.34. The van der Waals surface area contributed by atoms with Crippen molar-refractivity contribution in [2.75, 3.05) is 11.9 Å². The predicted octanol–water partition coefficient (Wildman–Crippen LogP) is 4.37. The van der Waals surface area contributed by atoms with Crippen LogP contribution in [-0.2, 0) is 22.4 Å². The smallest absolute Gasteiger partial charge is 0.348 e. The van der Waals surface area contributed by atoms with Crippen LogP contribution in [-0.4, -0.2) is 23.4 Å². The molecule has 1 aromatic heterocycles. The fourth-order valence-electron chi connectivity index (χ4n) is 2.92. The zero-order chi connectivity index (χ0) is 19.4. The zero-order valence-corrected chi connectivity index (χ0v) is 15.9. The fourth-order valence-corrected chi connectivity index (χ4v) is 4.23. The lowest BCUT2D eigenvalue weighted by Crippen LogP contribution is -2.21. The average molecular weight is 409 g/mol. The summed E-state index contributed by atoms with van der Waals surface area (Å²) < 4.78 is 5.06. The van der Waals surface area contributed by atoms with Gasteiger partial charge in [0.2, 0.25) is 0 Å². The highest BCUT2D eigenvalue weighted by atomic mass is 35.5. The number of amides is 1. The lowest BCUT2D eigenvalue weighted by Gasteiger charge is -2.07. The minimum Gasteiger partial charge on any atom is -0.451 e. The number of hydrogen-bond donors (Lipinski definition) is 1. The number of carbonyl (C=O) groups excluding carboxylic acids is 2. The molecule has 1 heterocycles. The number of esters is 1. The van der Waals surface area contributed by atoms with Crippen molar-refractivity contribution in [3.63, 3.8) is 0 Å². The standard InChI is InChI=1S/C18H17ClN2O5S/c19-12-6-7-13(14(9-12)21(24)25)20-17(22)10-26-18(23)16-8-11-4-2-1-3-5-15(11)27-16/h6-9H,1-5,10H2,(H,20,22). The molecule has 0 spiro atoms. The molecule has 1 aliphatic rings. The van der Waals surface area contributed by atoms with Gasteiger partial charge in [0.15, 0.2) is 6.61 Å². The topological polar surface area (TPSA) is 98.5 Å². The summed E-state index contributed by atoms with van der Waals surface area (Å²) >= 11 is 7.15. The van der Waals surface area contributed by atoms with Gasteiger partial charge in [0.05, 0.1) is 4.92 Å². The third kappa shape index (κ3) is 4.84. The molecule has 0 radical (unpaired) electrons. The van der Waals surface area contributed by atoms with Crippen LogP contribution in [0.15, 0.2) is 24.3 Å². The summed E-state index contributed by atoms with van der Waals surface area (Å²) in [6, 6.07) is 5.74. The number of benzene rings is 1. The van der Waals surface area contributed by atoms with Crippen LogP contribution in [0.25, 0.3) is 0 Å². The molecular formula is C18H17ClN2O5S. The number of nitrogens with one attached hydrogen (secondary N) is 1. The first-order valence-electron chi connectivity index (χ1n) is 8.46. The Balaban J connectivity index is 1.59. The van der Waals surface area contributed by atoms with Gasteiger partial charge in [-0.3, -0.25) is 14.9 Å². The largest absolute Gasteiger partial charge is 0.451 e. The van der Waals surface area contributed by atoms with Crippen LogP contribution in [0.4, 0.5) is 11.4 Å². The van der Waals surface area contributed by atoms with Gasteiger partial charge < -0.3 is 10.1 Å². The summed E-state index contributed by atoms with van der Waals surface area (Å²) in [4.78, 5) is 36.3. The number of nitro groups is 1. The SMILES string of the molecule is O=C(COC(=O)c1cc2c(s1)CCCCC2)Nc1ccc(Cl)cc1[N+](=O)[O-]. The number of nitro benzene ring substituents is 1. The Kier molecular flexibility index (Phi) is 6.08. The Hall–Kier alpha value is -2.45. The van der Waals surface area contributed by atoms with E-state index in [1.807, 2.05) is 6.07 Å². The van der Waals surface area contributed by atoms with Crippen LogP contribution in [0.1, 0.15) is 39.4 Å². The van der Waals surface area contributed by atoms with Gasteiger partial charge in [-0.15, -0.1) is 11.3 Å². The number of halogens is 1. The molecule has 0 bridgehead atoms. The second-order valence-electron chi connectivity index (χ2n) is 6.16. The Bertz CT molecular complexity index is 872. The van der Waals surface area contributed by atoms with E-state index in [9.17, 15) is 19.7 Å². The maximum Gasteiger partial charge on any atom is 0.348 e. The monoisotopic (exact) mass is 408 g/mol. The minimum absolute atomic E-state index is 0.00622. The van der Waals surface area contributed by atoms with Crippen LogP contribution in [0.2, 0.25) is 5.02 Å². The number of rotatable bonds is 5. The highest BCUT2D eigenvalue weighted by Gasteiger charge is 2.20. The van der Waals surface area contributed by atoms with Crippen molar-refractivity contribution in [2.24, 2.45) is 0 Å². The normalized spacial score (nSPS) is 13.4. The van der Waals surface area contributed by atoms with E-state index in [0.717, 1.165) is 31.7 Å². The third-order valence-electron chi connectivity index (χ3n) is 4.21. The van der Waals surface area contributed by atoms with E-state index in [2.05, 4.69) is 5.32 Å². The van der Waals surface area contributed by atoms with Crippen molar-refractivity contribution in [2.45, 2.75) is 32.1 Å². The molecule has 9 heteroatoms. The molecule has 0 fully saturated rings. The predicted molar refractivity (Wildman–Crippen MR) is 103 cm³/mol. The lowest BCUT2D eigenvalue weighted by atomic mass is 10.1. The van der Waals surface area contributed by atoms with Crippen LogP contribution in [0, 0.1) is 10.1 Å². The number of carbonyl (C=O) groups is 2. The molecule has 1 amide bonds. The van der Waals surface area contributed by atoms with E-state index >= 15 is 0 Å². The lowest BCUT2D eigenvalue weighted by molar-refractivity contribution is -0.383. The summed E-state index contributed by atoms with van der Waals surface area (Å²) in [5.74, 6) is -1.22. The zero-order valence-electron chi connectivity index (χ0n) is 14.3. The summed E-state index contributed by atoms with van der Waals surface area (Å²) in [6.45, 7) is -0.527. The maximum absolute atomic E-state index is 12.2. The molecule has 2 aromatic rings. The molecule has 0 aliphatic heterocycles. The molecule has 0 saturated heterocycles. The second kappa shape index (κ2) is 8.49. The van der Waals surface area contributed by atoms with Gasteiger partial charge in [0, 0.05) is 16.0 Å². The van der Waals surface area contributed by atoms with Crippen LogP contribution >= 0.6 is 22.9 Å². The van der Waals surface area contributed by atoms with Gasteiger partial charge >= 0.3 is 5.97 Å². The van der Waals surface area contributed by atoms with Crippen LogP contribution < -0.4 is 5.32 Å². The van der Waals surface area contributed by atoms with Gasteiger partial charge in [0.25, 0.3) is 11.6 Å². The van der Waals surface area contributed by atoms with E-state index in [1.165, 1.54) is 40.3 Å². The first-order valence-corrected chi connectivity index (χ1v) is 9.66. The maximum atomic E-state index is 12.2. The van der Waals surface area contributed by atoms with E-state index < -0.39 is 23.4 Å². The van der Waals surface area contributed by atoms with Crippen LogP contribution in [0.3, 0.4) is 0 Å². The highest BCUT2D eigenvalue weighted by molar-refractivity contribution is 7.14. The van der Waals surface area contributed by atoms with Crippen molar-refractivity contribution >= 4 is 46.2 Å². The minimum atomic E-state index is -0.660. The number of hydrogen-bond acceptors (Lipinski definition) is 6. The number of ether oxygens (including phenoxy) is 1. The molecule has 0 unspecified atom stereocenters. The molecule has 7 nitrogen and oxygen atoms in total. The van der Waals surface area contributed by atoms with Gasteiger partial charge in [-0.25, -0.2) is 4.79 Å². The molecule has 3 rings (SSSR count). The number of nitrogens with zero attached hydrogens (tertiary/aromatic N) is 1. The molecular weight excluding hydrogens is 392 g/mol. The van der Waals surface area contributed by atoms with Gasteiger partial charge in [-0.05, 0) is 49.4 Å². The van der Waals surface area contributed by atoms with Gasteiger partial charge in [0.1, 0.15) is 10.6 Å². The number of thiophene rings is 1. The average Bonchev–Trinajstić information content (AvgIpc) is 2.92. The summed E-state index contributed by atoms with van der Waals surface area (Å²) in [5, 5.41) is 13.6. The highest BCUT2D eigenvalue weighted by Crippen LogP contribution is 2.30. The number of fused-ring (bicyclic) bond motifs is 1. The molecule has 1 aliphatic carbocycles. The van der Waals surface area contributed by atoms with E-state index in [4.69, 9.17) is 16.3 Å². The quantitative estimate of drug-likeness (QED) is 0.342. The van der Waals surface area contributed by atoms with Gasteiger partial charge in [-0.2, -0.15) is 0 Å². The molecule has 1 aromatic carbocycles. The Morgan fingerprint density at radius 2 is 2.00 bits per heavy atom. The molecule has 0 saturated carbocycles. The first kappa shape index (κ1) is 19.3. The van der Waals surface area contributed by atoms with E-state index in [-0.39, 0.29) is 16.4 Å². The Morgan fingerprint density at radius 1 is 1.22 bits per heavy atom. The Labute approximate surface area is 164 Å². The van der Waals surface area contributed by atoms with Crippen molar-refractivity contribution in [1.82, 2.24) is 0 Å². The second-order valence-corrected chi connectivity index (χ2v) is 7.74. The number of aryl methyl sites for hydroxylation is 2.